The van der Waals surface area contributed by atoms with Crippen molar-refractivity contribution in [3.8, 4) is 5.69 Å². The molecule has 1 aliphatic rings. The van der Waals surface area contributed by atoms with Gasteiger partial charge in [0.25, 0.3) is 0 Å². The highest BCUT2D eigenvalue weighted by atomic mass is 32.2. The van der Waals surface area contributed by atoms with Crippen LogP contribution in [0.2, 0.25) is 0 Å². The zero-order valence-electron chi connectivity index (χ0n) is 14.3. The third-order valence-corrected chi connectivity index (χ3v) is 5.60. The van der Waals surface area contributed by atoms with E-state index in [1.807, 2.05) is 28.6 Å². The second-order valence-electron chi connectivity index (χ2n) is 6.40. The van der Waals surface area contributed by atoms with Gasteiger partial charge in [0.05, 0.1) is 5.75 Å². The minimum Gasteiger partial charge on any atom is -0.342 e. The first-order valence-electron chi connectivity index (χ1n) is 8.50. The Bertz CT molecular complexity index is 677. The molecule has 0 aliphatic heterocycles. The second-order valence-corrected chi connectivity index (χ2v) is 7.35. The number of benzene rings is 1. The van der Waals surface area contributed by atoms with Gasteiger partial charge in [-0.3, -0.25) is 9.36 Å². The Balaban J connectivity index is 1.61. The molecule has 0 saturated heterocycles. The van der Waals surface area contributed by atoms with Gasteiger partial charge < -0.3 is 4.90 Å². The summed E-state index contributed by atoms with van der Waals surface area (Å²) in [5.41, 5.74) is 2.23. The standard InChI is InChI=1S/C18H24N4OS/c1-14-8-10-16(11-9-14)22-13-19-20-18(22)24-12-17(23)21(2)15-6-4-3-5-7-15/h8-11,13,15H,3-7,12H2,1-2H3. The number of carbonyl (C=O) groups excluding carboxylic acids is 1. The topological polar surface area (TPSA) is 51.0 Å². The summed E-state index contributed by atoms with van der Waals surface area (Å²) in [5, 5.41) is 8.92. The van der Waals surface area contributed by atoms with Gasteiger partial charge in [-0.1, -0.05) is 48.7 Å². The van der Waals surface area contributed by atoms with Crippen molar-refractivity contribution in [3.05, 3.63) is 36.2 Å². The molecule has 0 unspecified atom stereocenters. The van der Waals surface area contributed by atoms with Crippen LogP contribution in [0.5, 0.6) is 0 Å². The lowest BCUT2D eigenvalue weighted by atomic mass is 9.94. The lowest BCUT2D eigenvalue weighted by Gasteiger charge is -2.31. The van der Waals surface area contributed by atoms with Gasteiger partial charge in [0.2, 0.25) is 5.91 Å². The fourth-order valence-electron chi connectivity index (χ4n) is 3.11. The molecule has 128 valence electrons. The summed E-state index contributed by atoms with van der Waals surface area (Å²) < 4.78 is 1.93. The van der Waals surface area contributed by atoms with Crippen molar-refractivity contribution in [2.45, 2.75) is 50.2 Å². The molecule has 0 N–H and O–H groups in total. The summed E-state index contributed by atoms with van der Waals surface area (Å²) in [4.78, 5) is 14.4. The molecule has 24 heavy (non-hydrogen) atoms. The molecular weight excluding hydrogens is 320 g/mol. The van der Waals surface area contributed by atoms with E-state index in [0.29, 0.717) is 11.8 Å². The Hall–Kier alpha value is -1.82. The molecule has 1 heterocycles. The van der Waals surface area contributed by atoms with Crippen LogP contribution in [0.4, 0.5) is 0 Å². The van der Waals surface area contributed by atoms with Crippen molar-refractivity contribution in [3.63, 3.8) is 0 Å². The van der Waals surface area contributed by atoms with Gasteiger partial charge in [-0.25, -0.2) is 0 Å². The Morgan fingerprint density at radius 3 is 2.67 bits per heavy atom. The third kappa shape index (κ3) is 3.98. The van der Waals surface area contributed by atoms with Crippen LogP contribution in [0, 0.1) is 6.92 Å². The summed E-state index contributed by atoms with van der Waals surface area (Å²) in [7, 11) is 1.93. The highest BCUT2D eigenvalue weighted by Crippen LogP contribution is 2.24. The van der Waals surface area contributed by atoms with E-state index in [-0.39, 0.29) is 5.91 Å². The van der Waals surface area contributed by atoms with Crippen molar-refractivity contribution < 1.29 is 4.79 Å². The molecule has 1 aromatic carbocycles. The number of thioether (sulfide) groups is 1. The van der Waals surface area contributed by atoms with E-state index in [1.54, 1.807) is 6.33 Å². The van der Waals surface area contributed by atoms with Crippen LogP contribution in [-0.2, 0) is 4.79 Å². The van der Waals surface area contributed by atoms with E-state index < -0.39 is 0 Å². The number of aryl methyl sites for hydroxylation is 1. The lowest BCUT2D eigenvalue weighted by molar-refractivity contribution is -0.129. The number of rotatable bonds is 5. The molecule has 3 rings (SSSR count). The molecular formula is C18H24N4OS. The normalized spacial score (nSPS) is 15.4. The summed E-state index contributed by atoms with van der Waals surface area (Å²) >= 11 is 1.45. The SMILES string of the molecule is Cc1ccc(-n2cnnc2SCC(=O)N(C)C2CCCCC2)cc1. The van der Waals surface area contributed by atoms with Crippen LogP contribution in [-0.4, -0.2) is 44.4 Å². The number of hydrogen-bond acceptors (Lipinski definition) is 4. The molecule has 5 nitrogen and oxygen atoms in total. The average molecular weight is 344 g/mol. The highest BCUT2D eigenvalue weighted by Gasteiger charge is 2.22. The van der Waals surface area contributed by atoms with E-state index >= 15 is 0 Å². The molecule has 1 amide bonds. The van der Waals surface area contributed by atoms with Crippen LogP contribution in [0.3, 0.4) is 0 Å². The molecule has 0 atom stereocenters. The first-order chi connectivity index (χ1) is 11.6. The lowest BCUT2D eigenvalue weighted by Crippen LogP contribution is -2.39. The fraction of sp³-hybridized carbons (Fsp3) is 0.500. The Labute approximate surface area is 147 Å². The third-order valence-electron chi connectivity index (χ3n) is 4.67. The summed E-state index contributed by atoms with van der Waals surface area (Å²) in [6.45, 7) is 2.06. The number of amides is 1. The van der Waals surface area contributed by atoms with Gasteiger partial charge in [-0.2, -0.15) is 0 Å². The van der Waals surface area contributed by atoms with Crippen molar-refractivity contribution in [2.75, 3.05) is 12.8 Å². The van der Waals surface area contributed by atoms with Gasteiger partial charge in [0.1, 0.15) is 6.33 Å². The highest BCUT2D eigenvalue weighted by molar-refractivity contribution is 7.99. The van der Waals surface area contributed by atoms with Crippen molar-refractivity contribution in [1.29, 1.82) is 0 Å². The van der Waals surface area contributed by atoms with Crippen molar-refractivity contribution >= 4 is 17.7 Å². The Morgan fingerprint density at radius 1 is 1.25 bits per heavy atom. The van der Waals surface area contributed by atoms with Gasteiger partial charge in [-0.05, 0) is 31.9 Å². The van der Waals surface area contributed by atoms with E-state index in [9.17, 15) is 4.79 Å². The van der Waals surface area contributed by atoms with E-state index in [0.717, 1.165) is 23.7 Å². The summed E-state index contributed by atoms with van der Waals surface area (Å²) in [6, 6.07) is 8.61. The Morgan fingerprint density at radius 2 is 1.96 bits per heavy atom. The molecule has 1 aromatic heterocycles. The monoisotopic (exact) mass is 344 g/mol. The second kappa shape index (κ2) is 7.83. The maximum Gasteiger partial charge on any atom is 0.233 e. The molecule has 0 bridgehead atoms. The summed E-state index contributed by atoms with van der Waals surface area (Å²) in [5.74, 6) is 0.572. The maximum atomic E-state index is 12.5. The van der Waals surface area contributed by atoms with Gasteiger partial charge in [-0.15, -0.1) is 10.2 Å². The molecule has 0 radical (unpaired) electrons. The largest absolute Gasteiger partial charge is 0.342 e. The quantitative estimate of drug-likeness (QED) is 0.780. The van der Waals surface area contributed by atoms with Crippen LogP contribution in [0.25, 0.3) is 5.69 Å². The van der Waals surface area contributed by atoms with Crippen molar-refractivity contribution in [1.82, 2.24) is 19.7 Å². The van der Waals surface area contributed by atoms with Gasteiger partial charge >= 0.3 is 0 Å². The van der Waals surface area contributed by atoms with E-state index in [1.165, 1.54) is 36.6 Å². The first kappa shape index (κ1) is 17.0. The predicted molar refractivity (Wildman–Crippen MR) is 96.5 cm³/mol. The fourth-order valence-corrected chi connectivity index (χ4v) is 3.96. The van der Waals surface area contributed by atoms with E-state index in [4.69, 9.17) is 0 Å². The Kier molecular flexibility index (Phi) is 5.56. The molecule has 1 saturated carbocycles. The van der Waals surface area contributed by atoms with Crippen LogP contribution in [0.1, 0.15) is 37.7 Å². The number of nitrogens with zero attached hydrogens (tertiary/aromatic N) is 4. The van der Waals surface area contributed by atoms with Gasteiger partial charge in [0.15, 0.2) is 5.16 Å². The summed E-state index contributed by atoms with van der Waals surface area (Å²) in [6.07, 6.45) is 7.72. The van der Waals surface area contributed by atoms with E-state index in [2.05, 4.69) is 29.3 Å². The molecule has 6 heteroatoms. The van der Waals surface area contributed by atoms with Crippen molar-refractivity contribution in [2.24, 2.45) is 0 Å². The number of aromatic nitrogens is 3. The smallest absolute Gasteiger partial charge is 0.233 e. The average Bonchev–Trinajstić information content (AvgIpc) is 3.09. The van der Waals surface area contributed by atoms with Crippen LogP contribution in [0.15, 0.2) is 35.7 Å². The minimum atomic E-state index is 0.172. The van der Waals surface area contributed by atoms with Crippen LogP contribution >= 0.6 is 11.8 Å². The van der Waals surface area contributed by atoms with Crippen LogP contribution < -0.4 is 0 Å². The predicted octanol–water partition coefficient (Wildman–Crippen LogP) is 3.46. The number of hydrogen-bond donors (Lipinski definition) is 0. The first-order valence-corrected chi connectivity index (χ1v) is 9.49. The van der Waals surface area contributed by atoms with Gasteiger partial charge in [0, 0.05) is 18.8 Å². The number of carbonyl (C=O) groups is 1. The zero-order valence-corrected chi connectivity index (χ0v) is 15.1. The molecule has 1 fully saturated rings. The molecule has 0 spiro atoms. The molecule has 2 aromatic rings. The molecule has 1 aliphatic carbocycles. The zero-order chi connectivity index (χ0) is 16.9. The maximum absolute atomic E-state index is 12.5. The minimum absolute atomic E-state index is 0.172.